The summed E-state index contributed by atoms with van der Waals surface area (Å²) in [5, 5.41) is 1.83. The minimum atomic E-state index is 0.228. The van der Waals surface area contributed by atoms with E-state index in [1.807, 2.05) is 35.9 Å². The summed E-state index contributed by atoms with van der Waals surface area (Å²) in [5.74, 6) is 0. The second-order valence-electron chi connectivity index (χ2n) is 7.03. The van der Waals surface area contributed by atoms with Gasteiger partial charge in [-0.05, 0) is 66.6 Å². The van der Waals surface area contributed by atoms with Crippen LogP contribution in [0, 0.1) is 20.8 Å². The fourth-order valence-electron chi connectivity index (χ4n) is 3.66. The monoisotopic (exact) mass is 340 g/mol. The smallest absolute Gasteiger partial charge is 0.200 e. The van der Waals surface area contributed by atoms with Gasteiger partial charge in [-0.3, -0.25) is 0 Å². The molecule has 0 amide bonds. The zero-order chi connectivity index (χ0) is 20.0. The van der Waals surface area contributed by atoms with Crippen molar-refractivity contribution >= 4 is 10.8 Å². The standard InChI is InChI=1S/C25H24N/c1-17-14-18(2)19(3)24(15-17)25-23-11-10-21(20-8-6-5-7-9-20)16-22(23)12-13-26(25)4/h5-16H,1-4H3/q+1/i12D,13D. The van der Waals surface area contributed by atoms with Crippen molar-refractivity contribution in [3.8, 4) is 22.4 Å². The SMILES string of the molecule is [2H]c1c([2H])[n+](C)c(-c2cc(C)cc(C)c2C)c2ccc(-c3ccccc3)cc12. The van der Waals surface area contributed by atoms with Gasteiger partial charge < -0.3 is 0 Å². The summed E-state index contributed by atoms with van der Waals surface area (Å²) in [5.41, 5.74) is 7.97. The number of pyridine rings is 1. The first kappa shape index (κ1) is 14.3. The summed E-state index contributed by atoms with van der Waals surface area (Å²) in [6, 6.07) is 21.1. The van der Waals surface area contributed by atoms with E-state index >= 15 is 0 Å². The molecule has 128 valence electrons. The third-order valence-electron chi connectivity index (χ3n) is 5.14. The minimum Gasteiger partial charge on any atom is -0.200 e. The van der Waals surface area contributed by atoms with Crippen molar-refractivity contribution < 1.29 is 7.31 Å². The lowest BCUT2D eigenvalue weighted by Gasteiger charge is -2.12. The Kier molecular flexibility index (Phi) is 3.52. The van der Waals surface area contributed by atoms with Gasteiger partial charge in [0.2, 0.25) is 5.69 Å². The van der Waals surface area contributed by atoms with Gasteiger partial charge >= 0.3 is 0 Å². The van der Waals surface area contributed by atoms with Gasteiger partial charge in [-0.25, -0.2) is 4.57 Å². The fraction of sp³-hybridized carbons (Fsp3) is 0.160. The second kappa shape index (κ2) is 6.42. The van der Waals surface area contributed by atoms with Gasteiger partial charge in [0.15, 0.2) is 6.17 Å². The summed E-state index contributed by atoms with van der Waals surface area (Å²) < 4.78 is 19.0. The summed E-state index contributed by atoms with van der Waals surface area (Å²) in [6.45, 7) is 6.36. The van der Waals surface area contributed by atoms with Crippen LogP contribution in [0.15, 0.2) is 72.9 Å². The highest BCUT2D eigenvalue weighted by atomic mass is 14.9. The Hall–Kier alpha value is -2.93. The van der Waals surface area contributed by atoms with E-state index in [2.05, 4.69) is 57.2 Å². The van der Waals surface area contributed by atoms with Gasteiger partial charge in [-0.1, -0.05) is 48.0 Å². The molecule has 1 aromatic heterocycles. The molecule has 0 spiro atoms. The molecule has 0 saturated carbocycles. The van der Waals surface area contributed by atoms with Crippen LogP contribution in [0.2, 0.25) is 0 Å². The molecule has 0 unspecified atom stereocenters. The van der Waals surface area contributed by atoms with E-state index in [4.69, 9.17) is 2.74 Å². The Bertz CT molecular complexity index is 1210. The van der Waals surface area contributed by atoms with Crippen LogP contribution in [0.25, 0.3) is 33.2 Å². The zero-order valence-electron chi connectivity index (χ0n) is 17.7. The van der Waals surface area contributed by atoms with Crippen LogP contribution >= 0.6 is 0 Å². The van der Waals surface area contributed by atoms with Crippen molar-refractivity contribution in [1.82, 2.24) is 0 Å². The average molecular weight is 340 g/mol. The number of rotatable bonds is 2. The molecule has 0 bridgehead atoms. The molecular weight excluding hydrogens is 314 g/mol. The van der Waals surface area contributed by atoms with Crippen LogP contribution < -0.4 is 4.57 Å². The zero-order valence-corrected chi connectivity index (χ0v) is 15.7. The van der Waals surface area contributed by atoms with Crippen molar-refractivity contribution in [3.05, 3.63) is 89.6 Å². The first-order valence-corrected chi connectivity index (χ1v) is 8.95. The highest BCUT2D eigenvalue weighted by molar-refractivity contribution is 5.96. The number of aromatic nitrogens is 1. The lowest BCUT2D eigenvalue weighted by molar-refractivity contribution is -0.659. The lowest BCUT2D eigenvalue weighted by atomic mass is 9.93. The molecule has 3 aromatic carbocycles. The van der Waals surface area contributed by atoms with Crippen LogP contribution in [0.5, 0.6) is 0 Å². The molecule has 0 aliphatic carbocycles. The maximum absolute atomic E-state index is 8.58. The summed E-state index contributed by atoms with van der Waals surface area (Å²) in [6.07, 6.45) is 0.228. The van der Waals surface area contributed by atoms with Crippen molar-refractivity contribution in [3.63, 3.8) is 0 Å². The number of benzene rings is 3. The van der Waals surface area contributed by atoms with Crippen LogP contribution in [0.1, 0.15) is 19.4 Å². The molecule has 0 aliphatic heterocycles. The molecule has 0 saturated heterocycles. The van der Waals surface area contributed by atoms with Crippen LogP contribution in [-0.2, 0) is 7.05 Å². The summed E-state index contributed by atoms with van der Waals surface area (Å²) in [4.78, 5) is 0. The molecule has 0 aliphatic rings. The topological polar surface area (TPSA) is 3.88 Å². The van der Waals surface area contributed by atoms with Gasteiger partial charge in [0.1, 0.15) is 8.42 Å². The molecule has 0 fully saturated rings. The molecule has 0 atom stereocenters. The molecule has 1 nitrogen and oxygen atoms in total. The number of aryl methyl sites for hydroxylation is 2. The van der Waals surface area contributed by atoms with Gasteiger partial charge in [-0.2, -0.15) is 0 Å². The molecule has 0 radical (unpaired) electrons. The average Bonchev–Trinajstić information content (AvgIpc) is 2.70. The van der Waals surface area contributed by atoms with E-state index in [1.165, 1.54) is 16.7 Å². The molecule has 1 heteroatoms. The second-order valence-corrected chi connectivity index (χ2v) is 7.03. The Morgan fingerprint density at radius 2 is 1.62 bits per heavy atom. The number of hydrogen-bond donors (Lipinski definition) is 0. The lowest BCUT2D eigenvalue weighted by Crippen LogP contribution is -2.30. The van der Waals surface area contributed by atoms with E-state index in [0.717, 1.165) is 33.2 Å². The van der Waals surface area contributed by atoms with Gasteiger partial charge in [-0.15, -0.1) is 0 Å². The van der Waals surface area contributed by atoms with E-state index < -0.39 is 0 Å². The third kappa shape index (κ3) is 2.80. The van der Waals surface area contributed by atoms with Crippen LogP contribution in [0.3, 0.4) is 0 Å². The predicted molar refractivity (Wildman–Crippen MR) is 110 cm³/mol. The van der Waals surface area contributed by atoms with E-state index in [0.29, 0.717) is 0 Å². The highest BCUT2D eigenvalue weighted by Gasteiger charge is 2.18. The van der Waals surface area contributed by atoms with Crippen molar-refractivity contribution in [1.29, 1.82) is 0 Å². The molecule has 4 rings (SSSR count). The van der Waals surface area contributed by atoms with Crippen molar-refractivity contribution in [2.24, 2.45) is 7.05 Å². The molecule has 0 N–H and O–H groups in total. The highest BCUT2D eigenvalue weighted by Crippen LogP contribution is 2.32. The summed E-state index contributed by atoms with van der Waals surface area (Å²) in [7, 11) is 1.89. The van der Waals surface area contributed by atoms with Crippen molar-refractivity contribution in [2.75, 3.05) is 0 Å². The molecular formula is C25H24N+. The first-order valence-electron chi connectivity index (χ1n) is 9.95. The summed E-state index contributed by atoms with van der Waals surface area (Å²) >= 11 is 0. The van der Waals surface area contributed by atoms with Gasteiger partial charge in [0, 0.05) is 6.04 Å². The van der Waals surface area contributed by atoms with Crippen molar-refractivity contribution in [2.45, 2.75) is 20.8 Å². The normalized spacial score (nSPS) is 12.2. The number of fused-ring (bicyclic) bond motifs is 1. The number of hydrogen-bond acceptors (Lipinski definition) is 0. The minimum absolute atomic E-state index is 0.228. The third-order valence-corrected chi connectivity index (χ3v) is 5.14. The predicted octanol–water partition coefficient (Wildman–Crippen LogP) is 5.92. The van der Waals surface area contributed by atoms with Gasteiger partial charge in [0.25, 0.3) is 0 Å². The quantitative estimate of drug-likeness (QED) is 0.399. The number of nitrogens with zero attached hydrogens (tertiary/aromatic N) is 1. The van der Waals surface area contributed by atoms with E-state index in [1.54, 1.807) is 0 Å². The van der Waals surface area contributed by atoms with Gasteiger partial charge in [0.05, 0.1) is 12.3 Å². The maximum atomic E-state index is 8.58. The Labute approximate surface area is 158 Å². The first-order chi connectivity index (χ1) is 13.4. The van der Waals surface area contributed by atoms with Crippen LogP contribution in [0.4, 0.5) is 0 Å². The molecule has 4 aromatic rings. The maximum Gasteiger partial charge on any atom is 0.220 e. The fourth-order valence-corrected chi connectivity index (χ4v) is 3.66. The largest absolute Gasteiger partial charge is 0.220 e. The Morgan fingerprint density at radius 3 is 2.38 bits per heavy atom. The van der Waals surface area contributed by atoms with Crippen LogP contribution in [-0.4, -0.2) is 0 Å². The Morgan fingerprint density at radius 1 is 0.846 bits per heavy atom. The molecule has 1 heterocycles. The molecule has 26 heavy (non-hydrogen) atoms. The Balaban J connectivity index is 2.08. The van der Waals surface area contributed by atoms with E-state index in [-0.39, 0.29) is 12.2 Å². The van der Waals surface area contributed by atoms with E-state index in [9.17, 15) is 0 Å².